The lowest BCUT2D eigenvalue weighted by Crippen LogP contribution is -2.26. The van der Waals surface area contributed by atoms with Gasteiger partial charge < -0.3 is 24.1 Å². The van der Waals surface area contributed by atoms with Crippen molar-refractivity contribution in [2.75, 3.05) is 33.3 Å². The molecule has 0 amide bonds. The summed E-state index contributed by atoms with van der Waals surface area (Å²) in [6.07, 6.45) is 3.77. The van der Waals surface area contributed by atoms with E-state index in [1.54, 1.807) is 7.11 Å². The second-order valence-electron chi connectivity index (χ2n) is 15.0. The molecule has 4 heterocycles. The Hall–Kier alpha value is -4.35. The maximum absolute atomic E-state index is 11.7. The van der Waals surface area contributed by atoms with E-state index < -0.39 is 5.97 Å². The lowest BCUT2D eigenvalue weighted by Gasteiger charge is -2.24. The molecule has 0 spiro atoms. The van der Waals surface area contributed by atoms with Crippen LogP contribution in [0, 0.1) is 17.2 Å². The third-order valence-electron chi connectivity index (χ3n) is 11.8. The van der Waals surface area contributed by atoms with E-state index in [0.717, 1.165) is 77.6 Å². The molecule has 56 heavy (non-hydrogen) atoms. The Labute approximate surface area is 341 Å². The number of carboxylic acid groups (broad SMARTS) is 1. The van der Waals surface area contributed by atoms with Crippen molar-refractivity contribution in [3.63, 3.8) is 0 Å². The van der Waals surface area contributed by atoms with E-state index in [4.69, 9.17) is 42.1 Å². The zero-order chi connectivity index (χ0) is 38.0. The number of halogens is 2. The fraction of sp³-hybridized carbons (Fsp3) is 0.381. The van der Waals surface area contributed by atoms with Crippen LogP contribution in [0.1, 0.15) is 71.2 Å². The number of aliphatic hydroxyl groups is 1. The highest BCUT2D eigenvalue weighted by Crippen LogP contribution is 2.47. The first-order chi connectivity index (χ1) is 26.7. The minimum Gasteiger partial charge on any atom is -0.481 e. The molecule has 2 aliphatic carbocycles. The standard InChI is InChI=1S/C42H39Cl2N5O6.H2S/c1-53-39-23(19-48-14-13-24(50)21-48)16-33(43)41(47-39)54-36-11-9-26-25(4-2-5-28(26)36)29-6-3-7-30(37(29)44)40-46-34-17-31-27(32(18-45)38(34)55-40)8-10-35(31)49-15-12-22(20-49)42(51)52;/h2-7,16-17,22,24,35-36,50H,8-15,19-21H2,1H3,(H,51,52);1H2/t22-,24-,35+,36+;/m1./s1. The van der Waals surface area contributed by atoms with Crippen LogP contribution >= 0.6 is 36.7 Å². The Kier molecular flexibility index (Phi) is 10.7. The number of carboxylic acids is 1. The van der Waals surface area contributed by atoms with Crippen LogP contribution in [0.2, 0.25) is 10.0 Å². The maximum Gasteiger partial charge on any atom is 0.307 e. The molecule has 4 aliphatic rings. The van der Waals surface area contributed by atoms with E-state index in [0.29, 0.717) is 82.5 Å². The van der Waals surface area contributed by atoms with Gasteiger partial charge in [0.15, 0.2) is 5.58 Å². The lowest BCUT2D eigenvalue weighted by molar-refractivity contribution is -0.141. The van der Waals surface area contributed by atoms with Crippen LogP contribution in [0.4, 0.5) is 0 Å². The van der Waals surface area contributed by atoms with E-state index in [-0.39, 0.29) is 37.7 Å². The number of rotatable bonds is 9. The molecular weight excluding hydrogens is 773 g/mol. The monoisotopic (exact) mass is 813 g/mol. The van der Waals surface area contributed by atoms with Crippen molar-refractivity contribution in [2.45, 2.75) is 63.3 Å². The Balaban J connectivity index is 0.00000441. The highest BCUT2D eigenvalue weighted by atomic mass is 35.5. The van der Waals surface area contributed by atoms with Crippen LogP contribution in [0.15, 0.2) is 52.9 Å². The number of aliphatic carboxylic acids is 1. The number of carbonyl (C=O) groups is 1. The molecule has 2 N–H and O–H groups in total. The summed E-state index contributed by atoms with van der Waals surface area (Å²) in [6.45, 7) is 3.18. The minimum atomic E-state index is -0.761. The third-order valence-corrected chi connectivity index (χ3v) is 12.5. The van der Waals surface area contributed by atoms with Gasteiger partial charge in [0.2, 0.25) is 17.7 Å². The summed E-state index contributed by atoms with van der Waals surface area (Å²) in [5.74, 6) is -0.0499. The summed E-state index contributed by atoms with van der Waals surface area (Å²) >= 11 is 14.0. The Morgan fingerprint density at radius 2 is 1.75 bits per heavy atom. The molecule has 3 aromatic carbocycles. The summed E-state index contributed by atoms with van der Waals surface area (Å²) in [5, 5.41) is 30.8. The Morgan fingerprint density at radius 3 is 2.50 bits per heavy atom. The lowest BCUT2D eigenvalue weighted by atomic mass is 9.95. The molecule has 9 rings (SSSR count). The number of hydrogen-bond acceptors (Lipinski definition) is 10. The number of aliphatic hydroxyl groups excluding tert-OH is 1. The average molecular weight is 815 g/mol. The maximum atomic E-state index is 11.7. The molecule has 2 aliphatic heterocycles. The van der Waals surface area contributed by atoms with Gasteiger partial charge in [0, 0.05) is 43.3 Å². The molecule has 0 radical (unpaired) electrons. The number of nitriles is 1. The Bertz CT molecular complexity index is 2400. The minimum absolute atomic E-state index is 0. The van der Waals surface area contributed by atoms with Gasteiger partial charge in [-0.3, -0.25) is 14.6 Å². The highest BCUT2D eigenvalue weighted by Gasteiger charge is 2.38. The highest BCUT2D eigenvalue weighted by molar-refractivity contribution is 7.59. The summed E-state index contributed by atoms with van der Waals surface area (Å²) in [5.41, 5.74) is 8.91. The number of benzene rings is 3. The van der Waals surface area contributed by atoms with E-state index in [1.165, 1.54) is 0 Å². The van der Waals surface area contributed by atoms with Gasteiger partial charge in [-0.05, 0) is 91.1 Å². The fourth-order valence-electron chi connectivity index (χ4n) is 9.11. The predicted octanol–water partition coefficient (Wildman–Crippen LogP) is 7.88. The predicted molar refractivity (Wildman–Crippen MR) is 217 cm³/mol. The molecule has 0 bridgehead atoms. The molecule has 0 saturated carbocycles. The summed E-state index contributed by atoms with van der Waals surface area (Å²) in [4.78, 5) is 25.6. The van der Waals surface area contributed by atoms with Gasteiger partial charge in [0.1, 0.15) is 28.3 Å². The second kappa shape index (κ2) is 15.5. The SMILES string of the molecule is COc1nc(O[C@H]2CCc3c(-c4cccc(-c5nc6cc7c(c(C#N)c6o5)CC[C@@H]7N5CC[C@@H](C(=O)O)C5)c4Cl)cccc32)c(Cl)cc1CN1CC[C@@H](O)C1.S. The van der Waals surface area contributed by atoms with Crippen molar-refractivity contribution in [2.24, 2.45) is 5.92 Å². The van der Waals surface area contributed by atoms with Crippen LogP contribution in [0.25, 0.3) is 33.7 Å². The van der Waals surface area contributed by atoms with Crippen LogP contribution in [0.5, 0.6) is 11.8 Å². The van der Waals surface area contributed by atoms with Crippen molar-refractivity contribution < 1.29 is 28.9 Å². The van der Waals surface area contributed by atoms with Gasteiger partial charge in [0.25, 0.3) is 0 Å². The number of β-amino-alcohol motifs (C(OH)–C–C–N with tert-alkyl or cyclic N) is 1. The number of likely N-dealkylation sites (tertiary alicyclic amines) is 2. The van der Waals surface area contributed by atoms with Gasteiger partial charge in [-0.1, -0.05) is 53.5 Å². The van der Waals surface area contributed by atoms with Crippen LogP contribution in [-0.4, -0.2) is 75.3 Å². The van der Waals surface area contributed by atoms with E-state index in [2.05, 4.69) is 33.0 Å². The number of ether oxygens (including phenoxy) is 2. The summed E-state index contributed by atoms with van der Waals surface area (Å²) in [7, 11) is 1.58. The quantitative estimate of drug-likeness (QED) is 0.150. The van der Waals surface area contributed by atoms with Crippen molar-refractivity contribution in [3.8, 4) is 40.4 Å². The van der Waals surface area contributed by atoms with Crippen molar-refractivity contribution >= 4 is 53.8 Å². The van der Waals surface area contributed by atoms with E-state index >= 15 is 0 Å². The third kappa shape index (κ3) is 6.78. The van der Waals surface area contributed by atoms with E-state index in [9.17, 15) is 20.3 Å². The van der Waals surface area contributed by atoms with Crippen LogP contribution < -0.4 is 9.47 Å². The summed E-state index contributed by atoms with van der Waals surface area (Å²) < 4.78 is 18.5. The number of nitrogens with zero attached hydrogens (tertiary/aromatic N) is 5. The molecule has 290 valence electrons. The van der Waals surface area contributed by atoms with Crippen molar-refractivity contribution in [1.29, 1.82) is 5.26 Å². The van der Waals surface area contributed by atoms with Gasteiger partial charge in [-0.25, -0.2) is 4.98 Å². The second-order valence-corrected chi connectivity index (χ2v) is 15.8. The molecule has 5 aromatic rings. The number of pyridine rings is 1. The Morgan fingerprint density at radius 1 is 0.964 bits per heavy atom. The molecule has 11 nitrogen and oxygen atoms in total. The fourth-order valence-corrected chi connectivity index (χ4v) is 9.63. The normalized spacial score (nSPS) is 21.8. The molecule has 4 atom stereocenters. The number of methoxy groups -OCH3 is 1. The largest absolute Gasteiger partial charge is 0.481 e. The number of oxazole rings is 1. The zero-order valence-electron chi connectivity index (χ0n) is 30.7. The van der Waals surface area contributed by atoms with Crippen molar-refractivity contribution in [3.05, 3.63) is 92.0 Å². The van der Waals surface area contributed by atoms with E-state index in [1.807, 2.05) is 36.4 Å². The van der Waals surface area contributed by atoms with Gasteiger partial charge in [-0.15, -0.1) is 0 Å². The molecule has 14 heteroatoms. The summed E-state index contributed by atoms with van der Waals surface area (Å²) in [6, 6.07) is 18.2. The van der Waals surface area contributed by atoms with Crippen molar-refractivity contribution in [1.82, 2.24) is 19.8 Å². The van der Waals surface area contributed by atoms with Crippen LogP contribution in [-0.2, 0) is 24.2 Å². The molecule has 2 fully saturated rings. The number of aromatic nitrogens is 2. The molecule has 2 saturated heterocycles. The van der Waals surface area contributed by atoms with Gasteiger partial charge in [0.05, 0.1) is 29.7 Å². The first-order valence-electron chi connectivity index (χ1n) is 18.8. The topological polar surface area (TPSA) is 145 Å². The zero-order valence-corrected chi connectivity index (χ0v) is 33.2. The van der Waals surface area contributed by atoms with Gasteiger partial charge in [-0.2, -0.15) is 23.7 Å². The first-order valence-corrected chi connectivity index (χ1v) is 19.5. The average Bonchev–Trinajstić information content (AvgIpc) is 4.03. The number of fused-ring (bicyclic) bond motifs is 3. The molecular formula is C42H41Cl2N5O6S. The number of hydrogen-bond donors (Lipinski definition) is 2. The molecule has 2 aromatic heterocycles. The van der Waals surface area contributed by atoms with Gasteiger partial charge >= 0.3 is 5.97 Å². The smallest absolute Gasteiger partial charge is 0.307 e. The first kappa shape index (κ1) is 38.5. The van der Waals surface area contributed by atoms with Crippen LogP contribution in [0.3, 0.4) is 0 Å². The molecule has 0 unspecified atom stereocenters.